The molecule has 0 amide bonds. The Kier molecular flexibility index (Phi) is 5.34. The standard InChI is InChI=1S/C11H14N2O6/c1-18-11(19-2)7-10(13(16)17)8-3-5-9(6-4-8)12(14)15/h3-6,10-11H,7H2,1-2H3. The molecule has 0 aromatic heterocycles. The molecular weight excluding hydrogens is 256 g/mol. The molecule has 0 saturated carbocycles. The van der Waals surface area contributed by atoms with Crippen LogP contribution in [0.15, 0.2) is 24.3 Å². The maximum atomic E-state index is 11.0. The van der Waals surface area contributed by atoms with E-state index in [1.807, 2.05) is 0 Å². The first-order chi connectivity index (χ1) is 8.99. The van der Waals surface area contributed by atoms with Crippen molar-refractivity contribution in [1.82, 2.24) is 0 Å². The lowest BCUT2D eigenvalue weighted by molar-refractivity contribution is -0.534. The van der Waals surface area contributed by atoms with Crippen LogP contribution in [0.1, 0.15) is 18.0 Å². The SMILES string of the molecule is COC(CC(c1ccc([N+](=O)[O-])cc1)[N+](=O)[O-])OC. The largest absolute Gasteiger partial charge is 0.356 e. The zero-order chi connectivity index (χ0) is 14.4. The molecule has 1 unspecified atom stereocenters. The summed E-state index contributed by atoms with van der Waals surface area (Å²) < 4.78 is 9.86. The second-order valence-electron chi connectivity index (χ2n) is 3.79. The smallest absolute Gasteiger partial charge is 0.269 e. The van der Waals surface area contributed by atoms with Gasteiger partial charge in [0.15, 0.2) is 6.29 Å². The molecule has 0 saturated heterocycles. The van der Waals surface area contributed by atoms with Gasteiger partial charge in [-0.05, 0) is 12.1 Å². The summed E-state index contributed by atoms with van der Waals surface area (Å²) in [7, 11) is 2.78. The number of hydrogen-bond donors (Lipinski definition) is 0. The van der Waals surface area contributed by atoms with Crippen LogP contribution < -0.4 is 0 Å². The number of rotatable bonds is 7. The summed E-state index contributed by atoms with van der Waals surface area (Å²) in [6, 6.07) is 4.17. The highest BCUT2D eigenvalue weighted by Crippen LogP contribution is 2.25. The van der Waals surface area contributed by atoms with Gasteiger partial charge in [0.05, 0.1) is 11.3 Å². The Morgan fingerprint density at radius 2 is 1.63 bits per heavy atom. The van der Waals surface area contributed by atoms with E-state index >= 15 is 0 Å². The summed E-state index contributed by atoms with van der Waals surface area (Å²) in [5, 5.41) is 21.6. The third-order valence-electron chi connectivity index (χ3n) is 2.68. The van der Waals surface area contributed by atoms with E-state index in [1.54, 1.807) is 0 Å². The lowest BCUT2D eigenvalue weighted by atomic mass is 10.0. The third kappa shape index (κ3) is 3.97. The second-order valence-corrected chi connectivity index (χ2v) is 3.79. The molecule has 1 atom stereocenters. The number of nitro benzene ring substituents is 1. The number of benzene rings is 1. The van der Waals surface area contributed by atoms with E-state index in [9.17, 15) is 20.2 Å². The van der Waals surface area contributed by atoms with Crippen molar-refractivity contribution >= 4 is 5.69 Å². The van der Waals surface area contributed by atoms with Crippen LogP contribution in [0.2, 0.25) is 0 Å². The molecular formula is C11H14N2O6. The lowest BCUT2D eigenvalue weighted by Gasteiger charge is -2.16. The molecule has 0 fully saturated rings. The van der Waals surface area contributed by atoms with Crippen molar-refractivity contribution in [3.8, 4) is 0 Å². The summed E-state index contributed by atoms with van der Waals surface area (Å²) in [5.74, 6) is 0. The Balaban J connectivity index is 2.93. The zero-order valence-electron chi connectivity index (χ0n) is 10.5. The van der Waals surface area contributed by atoms with E-state index in [-0.39, 0.29) is 12.1 Å². The lowest BCUT2D eigenvalue weighted by Crippen LogP contribution is -2.21. The van der Waals surface area contributed by atoms with Gasteiger partial charge < -0.3 is 9.47 Å². The summed E-state index contributed by atoms with van der Waals surface area (Å²) in [6.45, 7) is 0. The number of non-ortho nitro benzene ring substituents is 1. The van der Waals surface area contributed by atoms with Gasteiger partial charge in [0.25, 0.3) is 5.69 Å². The van der Waals surface area contributed by atoms with Crippen LogP contribution in [-0.4, -0.2) is 30.4 Å². The van der Waals surface area contributed by atoms with E-state index in [0.29, 0.717) is 5.56 Å². The van der Waals surface area contributed by atoms with Crippen molar-refractivity contribution in [3.05, 3.63) is 50.1 Å². The first kappa shape index (κ1) is 15.0. The molecule has 1 aromatic rings. The molecule has 1 aromatic carbocycles. The maximum absolute atomic E-state index is 11.0. The molecule has 1 rings (SSSR count). The predicted octanol–water partition coefficient (Wildman–Crippen LogP) is 1.92. The van der Waals surface area contributed by atoms with Gasteiger partial charge in [0.2, 0.25) is 6.04 Å². The number of nitrogens with zero attached hydrogens (tertiary/aromatic N) is 2. The van der Waals surface area contributed by atoms with Gasteiger partial charge in [-0.25, -0.2) is 0 Å². The first-order valence-corrected chi connectivity index (χ1v) is 5.43. The van der Waals surface area contributed by atoms with Crippen molar-refractivity contribution < 1.29 is 19.3 Å². The molecule has 0 spiro atoms. The van der Waals surface area contributed by atoms with Gasteiger partial charge in [-0.2, -0.15) is 0 Å². The number of hydrogen-bond acceptors (Lipinski definition) is 6. The highest BCUT2D eigenvalue weighted by Gasteiger charge is 2.27. The fraction of sp³-hybridized carbons (Fsp3) is 0.455. The Morgan fingerprint density at radius 1 is 1.11 bits per heavy atom. The highest BCUT2D eigenvalue weighted by molar-refractivity contribution is 5.33. The normalized spacial score (nSPS) is 12.4. The molecule has 0 aliphatic heterocycles. The quantitative estimate of drug-likeness (QED) is 0.426. The van der Waals surface area contributed by atoms with Gasteiger partial charge >= 0.3 is 0 Å². The fourth-order valence-corrected chi connectivity index (χ4v) is 1.63. The van der Waals surface area contributed by atoms with Crippen LogP contribution in [0, 0.1) is 20.2 Å². The molecule has 0 heterocycles. The molecule has 104 valence electrons. The van der Waals surface area contributed by atoms with Gasteiger partial charge in [0.1, 0.15) is 0 Å². The second kappa shape index (κ2) is 6.76. The minimum atomic E-state index is -1.04. The van der Waals surface area contributed by atoms with Crippen LogP contribution in [-0.2, 0) is 9.47 Å². The van der Waals surface area contributed by atoms with E-state index in [1.165, 1.54) is 38.5 Å². The van der Waals surface area contributed by atoms with Gasteiger partial charge in [0, 0.05) is 36.8 Å². The minimum absolute atomic E-state index is 0.0256. The average molecular weight is 270 g/mol. The maximum Gasteiger partial charge on any atom is 0.269 e. The summed E-state index contributed by atoms with van der Waals surface area (Å²) in [6.07, 6.45) is -0.678. The molecule has 19 heavy (non-hydrogen) atoms. The van der Waals surface area contributed by atoms with Gasteiger partial charge in [-0.3, -0.25) is 20.2 Å². The predicted molar refractivity (Wildman–Crippen MR) is 65.3 cm³/mol. The molecule has 8 nitrogen and oxygen atoms in total. The van der Waals surface area contributed by atoms with Gasteiger partial charge in [-0.15, -0.1) is 0 Å². The Morgan fingerprint density at radius 3 is 2.00 bits per heavy atom. The number of nitro groups is 2. The molecule has 0 radical (unpaired) electrons. The van der Waals surface area contributed by atoms with Crippen LogP contribution in [0.25, 0.3) is 0 Å². The summed E-state index contributed by atoms with van der Waals surface area (Å²) in [5.41, 5.74) is 0.260. The summed E-state index contributed by atoms with van der Waals surface area (Å²) >= 11 is 0. The molecule has 0 N–H and O–H groups in total. The third-order valence-corrected chi connectivity index (χ3v) is 2.68. The Hall–Kier alpha value is -2.06. The van der Waals surface area contributed by atoms with Crippen molar-refractivity contribution in [1.29, 1.82) is 0 Å². The molecule has 8 heteroatoms. The van der Waals surface area contributed by atoms with E-state index in [2.05, 4.69) is 0 Å². The number of methoxy groups -OCH3 is 2. The monoisotopic (exact) mass is 270 g/mol. The molecule has 0 bridgehead atoms. The zero-order valence-corrected chi connectivity index (χ0v) is 10.5. The van der Waals surface area contributed by atoms with Crippen LogP contribution >= 0.6 is 0 Å². The van der Waals surface area contributed by atoms with Gasteiger partial charge in [-0.1, -0.05) is 0 Å². The van der Waals surface area contributed by atoms with Crippen molar-refractivity contribution in [2.75, 3.05) is 14.2 Å². The van der Waals surface area contributed by atoms with Crippen LogP contribution in [0.3, 0.4) is 0 Å². The first-order valence-electron chi connectivity index (χ1n) is 5.43. The highest BCUT2D eigenvalue weighted by atomic mass is 16.7. The molecule has 0 aliphatic rings. The van der Waals surface area contributed by atoms with Crippen molar-refractivity contribution in [3.63, 3.8) is 0 Å². The summed E-state index contributed by atoms with van der Waals surface area (Å²) in [4.78, 5) is 20.5. The minimum Gasteiger partial charge on any atom is -0.356 e. The molecule has 0 aliphatic carbocycles. The topological polar surface area (TPSA) is 105 Å². The van der Waals surface area contributed by atoms with E-state index < -0.39 is 22.2 Å². The van der Waals surface area contributed by atoms with Crippen LogP contribution in [0.5, 0.6) is 0 Å². The average Bonchev–Trinajstić information content (AvgIpc) is 2.40. The van der Waals surface area contributed by atoms with E-state index in [4.69, 9.17) is 9.47 Å². The Labute approximate surface area is 109 Å². The number of ether oxygens (including phenoxy) is 2. The van der Waals surface area contributed by atoms with Crippen molar-refractivity contribution in [2.45, 2.75) is 18.8 Å². The fourth-order valence-electron chi connectivity index (χ4n) is 1.63. The van der Waals surface area contributed by atoms with Crippen LogP contribution in [0.4, 0.5) is 5.69 Å². The van der Waals surface area contributed by atoms with Crippen molar-refractivity contribution in [2.24, 2.45) is 0 Å². The Bertz CT molecular complexity index is 443. The van der Waals surface area contributed by atoms with E-state index in [0.717, 1.165) is 0 Å².